The zero-order valence-electron chi connectivity index (χ0n) is 11.5. The van der Waals surface area contributed by atoms with Crippen molar-refractivity contribution >= 4 is 28.3 Å². The van der Waals surface area contributed by atoms with Crippen LogP contribution >= 0.6 is 11.3 Å². The smallest absolute Gasteiger partial charge is 0.273 e. The summed E-state index contributed by atoms with van der Waals surface area (Å²) in [4.78, 5) is 28.7. The van der Waals surface area contributed by atoms with Gasteiger partial charge in [-0.25, -0.2) is 4.98 Å². The van der Waals surface area contributed by atoms with Gasteiger partial charge in [-0.05, 0) is 19.1 Å². The number of anilines is 1. The summed E-state index contributed by atoms with van der Waals surface area (Å²) >= 11 is 1.22. The fraction of sp³-hybridized carbons (Fsp3) is 0.308. The van der Waals surface area contributed by atoms with Crippen molar-refractivity contribution in [3.63, 3.8) is 0 Å². The lowest BCUT2D eigenvalue weighted by atomic mass is 10.3. The third-order valence-electron chi connectivity index (χ3n) is 2.54. The van der Waals surface area contributed by atoms with E-state index in [1.165, 1.54) is 23.2 Å². The molecule has 2 amide bonds. The molecule has 6 nitrogen and oxygen atoms in total. The van der Waals surface area contributed by atoms with Crippen LogP contribution in [0.15, 0.2) is 21.9 Å². The first-order valence-corrected chi connectivity index (χ1v) is 6.87. The quantitative estimate of drug-likeness (QED) is 0.938. The van der Waals surface area contributed by atoms with Gasteiger partial charge in [0.1, 0.15) is 17.2 Å². The molecule has 2 aromatic heterocycles. The van der Waals surface area contributed by atoms with E-state index in [1.54, 1.807) is 12.4 Å². The topological polar surface area (TPSA) is 75.4 Å². The van der Waals surface area contributed by atoms with Crippen molar-refractivity contribution in [1.29, 1.82) is 0 Å². The highest BCUT2D eigenvalue weighted by molar-refractivity contribution is 7.14. The number of hydrogen-bond acceptors (Lipinski definition) is 5. The van der Waals surface area contributed by atoms with E-state index in [2.05, 4.69) is 10.3 Å². The van der Waals surface area contributed by atoms with Crippen LogP contribution in [-0.4, -0.2) is 28.7 Å². The van der Waals surface area contributed by atoms with E-state index >= 15 is 0 Å². The molecule has 0 atom stereocenters. The molecule has 0 aromatic carbocycles. The molecule has 7 heteroatoms. The number of hydrogen-bond donors (Lipinski definition) is 1. The molecule has 0 aliphatic rings. The number of rotatable bonds is 4. The summed E-state index contributed by atoms with van der Waals surface area (Å²) < 4.78 is 5.43. The minimum absolute atomic E-state index is 0.210. The van der Waals surface area contributed by atoms with Crippen molar-refractivity contribution in [2.24, 2.45) is 0 Å². The first-order valence-electron chi connectivity index (χ1n) is 5.99. The zero-order chi connectivity index (χ0) is 14.7. The van der Waals surface area contributed by atoms with Crippen molar-refractivity contribution in [2.45, 2.75) is 20.4 Å². The summed E-state index contributed by atoms with van der Waals surface area (Å²) in [5, 5.41) is 4.59. The van der Waals surface area contributed by atoms with Gasteiger partial charge >= 0.3 is 0 Å². The highest BCUT2D eigenvalue weighted by atomic mass is 32.1. The van der Waals surface area contributed by atoms with Gasteiger partial charge in [-0.2, -0.15) is 0 Å². The van der Waals surface area contributed by atoms with Crippen LogP contribution in [0.5, 0.6) is 0 Å². The highest BCUT2D eigenvalue weighted by Crippen LogP contribution is 2.17. The molecule has 0 bridgehead atoms. The van der Waals surface area contributed by atoms with Crippen LogP contribution in [-0.2, 0) is 11.3 Å². The maximum absolute atomic E-state index is 12.2. The second-order valence-corrected chi connectivity index (χ2v) is 5.25. The Balaban J connectivity index is 2.02. The van der Waals surface area contributed by atoms with E-state index in [0.717, 1.165) is 11.5 Å². The Kier molecular flexibility index (Phi) is 4.19. The monoisotopic (exact) mass is 293 g/mol. The molecule has 0 aliphatic carbocycles. The second-order valence-electron chi connectivity index (χ2n) is 4.39. The van der Waals surface area contributed by atoms with E-state index < -0.39 is 0 Å². The lowest BCUT2D eigenvalue weighted by Gasteiger charge is -2.13. The number of nitrogens with one attached hydrogen (secondary N) is 1. The van der Waals surface area contributed by atoms with Gasteiger partial charge < -0.3 is 14.6 Å². The molecular weight excluding hydrogens is 278 g/mol. The molecule has 0 aliphatic heterocycles. The Hall–Kier alpha value is -2.15. The van der Waals surface area contributed by atoms with Gasteiger partial charge in [-0.1, -0.05) is 0 Å². The number of nitrogens with zero attached hydrogens (tertiary/aromatic N) is 2. The van der Waals surface area contributed by atoms with Crippen molar-refractivity contribution in [3.8, 4) is 0 Å². The van der Waals surface area contributed by atoms with Crippen LogP contribution in [0.4, 0.5) is 5.13 Å². The number of thiazole rings is 1. The minimum Gasteiger partial charge on any atom is -0.464 e. The lowest BCUT2D eigenvalue weighted by Crippen LogP contribution is -2.26. The van der Waals surface area contributed by atoms with Crippen LogP contribution in [0.3, 0.4) is 0 Å². The molecule has 0 fully saturated rings. The number of amides is 2. The lowest BCUT2D eigenvalue weighted by molar-refractivity contribution is -0.114. The summed E-state index contributed by atoms with van der Waals surface area (Å²) in [5.41, 5.74) is 0.310. The molecule has 2 heterocycles. The van der Waals surface area contributed by atoms with Crippen LogP contribution < -0.4 is 5.32 Å². The SMILES string of the molecule is CC(=O)Nc1nc(C(=O)N(C)Cc2ccc(C)o2)cs1. The molecule has 0 spiro atoms. The van der Waals surface area contributed by atoms with E-state index in [4.69, 9.17) is 4.42 Å². The largest absolute Gasteiger partial charge is 0.464 e. The van der Waals surface area contributed by atoms with Crippen molar-refractivity contribution in [3.05, 3.63) is 34.7 Å². The highest BCUT2D eigenvalue weighted by Gasteiger charge is 2.17. The number of furan rings is 1. The third-order valence-corrected chi connectivity index (χ3v) is 3.30. The Morgan fingerprint density at radius 1 is 1.45 bits per heavy atom. The number of carbonyl (C=O) groups excluding carboxylic acids is 2. The molecule has 0 radical (unpaired) electrons. The van der Waals surface area contributed by atoms with Gasteiger partial charge in [0.2, 0.25) is 5.91 Å². The van der Waals surface area contributed by atoms with Gasteiger partial charge in [0, 0.05) is 19.4 Å². The Labute approximate surface area is 120 Å². The maximum atomic E-state index is 12.2. The molecule has 2 aromatic rings. The number of carbonyl (C=O) groups is 2. The Bertz CT molecular complexity index is 632. The van der Waals surface area contributed by atoms with E-state index in [9.17, 15) is 9.59 Å². The van der Waals surface area contributed by atoms with Gasteiger partial charge in [-0.3, -0.25) is 9.59 Å². The zero-order valence-corrected chi connectivity index (χ0v) is 12.3. The van der Waals surface area contributed by atoms with E-state index in [-0.39, 0.29) is 11.8 Å². The standard InChI is InChI=1S/C13H15N3O3S/c1-8-4-5-10(19-8)6-16(3)12(18)11-7-20-13(15-11)14-9(2)17/h4-5,7H,6H2,1-3H3,(H,14,15,17). The van der Waals surface area contributed by atoms with Crippen molar-refractivity contribution < 1.29 is 14.0 Å². The van der Waals surface area contributed by atoms with Crippen molar-refractivity contribution in [1.82, 2.24) is 9.88 Å². The molecule has 20 heavy (non-hydrogen) atoms. The summed E-state index contributed by atoms with van der Waals surface area (Å²) in [5.74, 6) is 1.10. The third kappa shape index (κ3) is 3.45. The predicted molar refractivity (Wildman–Crippen MR) is 75.7 cm³/mol. The van der Waals surface area contributed by atoms with Crippen LogP contribution in [0.1, 0.15) is 28.9 Å². The van der Waals surface area contributed by atoms with Crippen molar-refractivity contribution in [2.75, 3.05) is 12.4 Å². The summed E-state index contributed by atoms with van der Waals surface area (Å²) in [6.07, 6.45) is 0. The van der Waals surface area contributed by atoms with Gasteiger partial charge in [-0.15, -0.1) is 11.3 Å². The first-order chi connectivity index (χ1) is 9.45. The summed E-state index contributed by atoms with van der Waals surface area (Å²) in [7, 11) is 1.68. The summed E-state index contributed by atoms with van der Waals surface area (Å²) in [6.45, 7) is 3.62. The van der Waals surface area contributed by atoms with Crippen LogP contribution in [0, 0.1) is 6.92 Å². The molecule has 2 rings (SSSR count). The summed E-state index contributed by atoms with van der Waals surface area (Å²) in [6, 6.07) is 3.69. The number of aromatic nitrogens is 1. The van der Waals surface area contributed by atoms with E-state index in [0.29, 0.717) is 17.4 Å². The minimum atomic E-state index is -0.216. The molecule has 0 unspecified atom stereocenters. The molecule has 106 valence electrons. The number of aryl methyl sites for hydroxylation is 1. The van der Waals surface area contributed by atoms with Crippen LogP contribution in [0.25, 0.3) is 0 Å². The normalized spacial score (nSPS) is 10.3. The fourth-order valence-electron chi connectivity index (χ4n) is 1.65. The van der Waals surface area contributed by atoms with Gasteiger partial charge in [0.05, 0.1) is 6.54 Å². The second kappa shape index (κ2) is 5.87. The predicted octanol–water partition coefficient (Wildman–Crippen LogP) is 2.28. The maximum Gasteiger partial charge on any atom is 0.273 e. The molecule has 1 N–H and O–H groups in total. The Morgan fingerprint density at radius 3 is 2.80 bits per heavy atom. The first kappa shape index (κ1) is 14.3. The molecule has 0 saturated carbocycles. The molecule has 0 saturated heterocycles. The van der Waals surface area contributed by atoms with Gasteiger partial charge in [0.15, 0.2) is 5.13 Å². The van der Waals surface area contributed by atoms with E-state index in [1.807, 2.05) is 19.1 Å². The van der Waals surface area contributed by atoms with Gasteiger partial charge in [0.25, 0.3) is 5.91 Å². The molecular formula is C13H15N3O3S. The average Bonchev–Trinajstić information content (AvgIpc) is 2.97. The fourth-order valence-corrected chi connectivity index (χ4v) is 2.38. The Morgan fingerprint density at radius 2 is 2.20 bits per heavy atom. The average molecular weight is 293 g/mol. The van der Waals surface area contributed by atoms with Crippen LogP contribution in [0.2, 0.25) is 0 Å².